The molecule has 1 aromatic heterocycles. The van der Waals surface area contributed by atoms with Gasteiger partial charge in [-0.2, -0.15) is 0 Å². The van der Waals surface area contributed by atoms with Crippen molar-refractivity contribution in [3.63, 3.8) is 0 Å². The van der Waals surface area contributed by atoms with Crippen LogP contribution in [0.5, 0.6) is 11.5 Å². The minimum absolute atomic E-state index is 0.206. The number of benzene rings is 1. The van der Waals surface area contributed by atoms with Crippen molar-refractivity contribution in [1.82, 2.24) is 9.80 Å². The monoisotopic (exact) mass is 416 g/mol. The number of esters is 1. The molecule has 0 saturated carbocycles. The van der Waals surface area contributed by atoms with Gasteiger partial charge in [-0.25, -0.2) is 4.79 Å². The van der Waals surface area contributed by atoms with Gasteiger partial charge in [-0.15, -0.1) is 0 Å². The van der Waals surface area contributed by atoms with Gasteiger partial charge in [0, 0.05) is 26.2 Å². The van der Waals surface area contributed by atoms with Crippen LogP contribution in [0.1, 0.15) is 27.8 Å². The molecule has 160 valence electrons. The number of amides is 2. The normalized spacial score (nSPS) is 13.7. The van der Waals surface area contributed by atoms with Crippen LogP contribution in [-0.2, 0) is 9.53 Å². The standard InChI is InChI=1S/C21H24N2O7/c1-3-28-16-7-6-15(13-18(16)27-2)21(26)30-14-19(24)22-8-10-23(11-9-22)20(25)17-5-4-12-29-17/h4-7,12-13H,3,8-11,14H2,1-2H3. The number of ether oxygens (including phenoxy) is 3. The second kappa shape index (κ2) is 9.82. The number of methoxy groups -OCH3 is 1. The molecule has 1 aromatic carbocycles. The fourth-order valence-electron chi connectivity index (χ4n) is 3.09. The Morgan fingerprint density at radius 1 is 1.03 bits per heavy atom. The molecular formula is C21H24N2O7. The van der Waals surface area contributed by atoms with Gasteiger partial charge in [0.25, 0.3) is 11.8 Å². The molecule has 0 unspecified atom stereocenters. The van der Waals surface area contributed by atoms with Crippen molar-refractivity contribution in [3.05, 3.63) is 47.9 Å². The molecule has 9 heteroatoms. The molecule has 2 aromatic rings. The van der Waals surface area contributed by atoms with E-state index in [1.165, 1.54) is 19.4 Å². The van der Waals surface area contributed by atoms with E-state index in [0.717, 1.165) is 0 Å². The lowest BCUT2D eigenvalue weighted by Gasteiger charge is -2.34. The Labute approximate surface area is 174 Å². The molecule has 30 heavy (non-hydrogen) atoms. The fraction of sp³-hybridized carbons (Fsp3) is 0.381. The summed E-state index contributed by atoms with van der Waals surface area (Å²) in [4.78, 5) is 40.1. The number of piperazine rings is 1. The molecule has 0 bridgehead atoms. The molecule has 1 fully saturated rings. The minimum atomic E-state index is -0.628. The van der Waals surface area contributed by atoms with Crippen molar-refractivity contribution in [3.8, 4) is 11.5 Å². The van der Waals surface area contributed by atoms with Gasteiger partial charge in [-0.1, -0.05) is 0 Å². The average Bonchev–Trinajstić information content (AvgIpc) is 3.32. The summed E-state index contributed by atoms with van der Waals surface area (Å²) in [7, 11) is 1.48. The molecule has 1 aliphatic heterocycles. The van der Waals surface area contributed by atoms with Crippen molar-refractivity contribution in [2.75, 3.05) is 46.5 Å². The van der Waals surface area contributed by atoms with Crippen LogP contribution < -0.4 is 9.47 Å². The zero-order valence-corrected chi connectivity index (χ0v) is 17.0. The Morgan fingerprint density at radius 3 is 2.40 bits per heavy atom. The molecule has 0 spiro atoms. The van der Waals surface area contributed by atoms with Gasteiger partial charge in [0.05, 0.1) is 25.5 Å². The lowest BCUT2D eigenvalue weighted by atomic mass is 10.2. The van der Waals surface area contributed by atoms with E-state index < -0.39 is 5.97 Å². The molecule has 0 N–H and O–H groups in total. The first-order valence-electron chi connectivity index (χ1n) is 9.62. The molecule has 1 saturated heterocycles. The zero-order chi connectivity index (χ0) is 21.5. The Kier molecular flexibility index (Phi) is 6.95. The molecule has 0 aliphatic carbocycles. The van der Waals surface area contributed by atoms with Crippen molar-refractivity contribution in [2.24, 2.45) is 0 Å². The van der Waals surface area contributed by atoms with Gasteiger partial charge < -0.3 is 28.4 Å². The third-order valence-corrected chi connectivity index (χ3v) is 4.68. The van der Waals surface area contributed by atoms with E-state index in [9.17, 15) is 14.4 Å². The summed E-state index contributed by atoms with van der Waals surface area (Å²) in [5.74, 6) is 0.0599. The molecule has 2 amide bonds. The van der Waals surface area contributed by atoms with Crippen LogP contribution in [-0.4, -0.2) is 74.1 Å². The number of carbonyl (C=O) groups is 3. The van der Waals surface area contributed by atoms with Gasteiger partial charge >= 0.3 is 5.97 Å². The largest absolute Gasteiger partial charge is 0.493 e. The maximum Gasteiger partial charge on any atom is 0.338 e. The van der Waals surface area contributed by atoms with Crippen molar-refractivity contribution in [1.29, 1.82) is 0 Å². The maximum absolute atomic E-state index is 12.4. The highest BCUT2D eigenvalue weighted by atomic mass is 16.5. The second-order valence-corrected chi connectivity index (χ2v) is 6.53. The molecule has 0 atom stereocenters. The molecule has 9 nitrogen and oxygen atoms in total. The summed E-state index contributed by atoms with van der Waals surface area (Å²) in [5.41, 5.74) is 0.261. The summed E-state index contributed by atoms with van der Waals surface area (Å²) >= 11 is 0. The maximum atomic E-state index is 12.4. The van der Waals surface area contributed by atoms with E-state index in [1.54, 1.807) is 34.1 Å². The van der Waals surface area contributed by atoms with Crippen molar-refractivity contribution < 1.29 is 33.0 Å². The quantitative estimate of drug-likeness (QED) is 0.635. The first-order chi connectivity index (χ1) is 14.5. The summed E-state index contributed by atoms with van der Waals surface area (Å²) in [5, 5.41) is 0. The fourth-order valence-corrected chi connectivity index (χ4v) is 3.09. The van der Waals surface area contributed by atoms with Crippen LogP contribution in [0.15, 0.2) is 41.0 Å². The van der Waals surface area contributed by atoms with Gasteiger partial charge in [0.1, 0.15) is 0 Å². The highest BCUT2D eigenvalue weighted by Crippen LogP contribution is 2.28. The first kappa shape index (κ1) is 21.2. The molecule has 2 heterocycles. The van der Waals surface area contributed by atoms with Crippen LogP contribution in [0, 0.1) is 0 Å². The van der Waals surface area contributed by atoms with Crippen LogP contribution in [0.3, 0.4) is 0 Å². The average molecular weight is 416 g/mol. The smallest absolute Gasteiger partial charge is 0.338 e. The van der Waals surface area contributed by atoms with E-state index in [-0.39, 0.29) is 29.7 Å². The number of nitrogens with zero attached hydrogens (tertiary/aromatic N) is 2. The number of hydrogen-bond acceptors (Lipinski definition) is 7. The van der Waals surface area contributed by atoms with Crippen LogP contribution in [0.25, 0.3) is 0 Å². The Bertz CT molecular complexity index is 887. The third-order valence-electron chi connectivity index (χ3n) is 4.68. The van der Waals surface area contributed by atoms with Crippen molar-refractivity contribution >= 4 is 17.8 Å². The molecule has 1 aliphatic rings. The number of carbonyl (C=O) groups excluding carboxylic acids is 3. The van der Waals surface area contributed by atoms with E-state index in [0.29, 0.717) is 44.3 Å². The Hall–Kier alpha value is -3.49. The van der Waals surface area contributed by atoms with Crippen LogP contribution in [0.2, 0.25) is 0 Å². The number of furan rings is 1. The van der Waals surface area contributed by atoms with Gasteiger partial charge in [-0.05, 0) is 37.3 Å². The van der Waals surface area contributed by atoms with Gasteiger partial charge in [-0.3, -0.25) is 9.59 Å². The van der Waals surface area contributed by atoms with E-state index >= 15 is 0 Å². The van der Waals surface area contributed by atoms with Gasteiger partial charge in [0.2, 0.25) is 0 Å². The number of rotatable bonds is 7. The topological polar surface area (TPSA) is 98.5 Å². The summed E-state index contributed by atoms with van der Waals surface area (Å²) in [6.07, 6.45) is 1.45. The predicted octanol–water partition coefficient (Wildman–Crippen LogP) is 1.83. The Balaban J connectivity index is 1.49. The van der Waals surface area contributed by atoms with Crippen LogP contribution in [0.4, 0.5) is 0 Å². The lowest BCUT2D eigenvalue weighted by molar-refractivity contribution is -0.136. The SMILES string of the molecule is CCOc1ccc(C(=O)OCC(=O)N2CCN(C(=O)c3ccco3)CC2)cc1OC. The van der Waals surface area contributed by atoms with Crippen LogP contribution >= 0.6 is 0 Å². The molecule has 0 radical (unpaired) electrons. The highest BCUT2D eigenvalue weighted by molar-refractivity contribution is 5.93. The predicted molar refractivity (Wildman–Crippen MR) is 106 cm³/mol. The number of hydrogen-bond donors (Lipinski definition) is 0. The summed E-state index contributed by atoms with van der Waals surface area (Å²) in [6.45, 7) is 3.43. The van der Waals surface area contributed by atoms with E-state index in [2.05, 4.69) is 0 Å². The highest BCUT2D eigenvalue weighted by Gasteiger charge is 2.26. The second-order valence-electron chi connectivity index (χ2n) is 6.53. The lowest BCUT2D eigenvalue weighted by Crippen LogP contribution is -2.51. The first-order valence-corrected chi connectivity index (χ1v) is 9.62. The molecule has 3 rings (SSSR count). The Morgan fingerprint density at radius 2 is 1.77 bits per heavy atom. The summed E-state index contributed by atoms with van der Waals surface area (Å²) in [6, 6.07) is 7.95. The van der Waals surface area contributed by atoms with Gasteiger partial charge in [0.15, 0.2) is 23.9 Å². The minimum Gasteiger partial charge on any atom is -0.493 e. The summed E-state index contributed by atoms with van der Waals surface area (Å²) < 4.78 is 20.9. The third kappa shape index (κ3) is 4.91. The molecular weight excluding hydrogens is 392 g/mol. The van der Waals surface area contributed by atoms with E-state index in [4.69, 9.17) is 18.6 Å². The zero-order valence-electron chi connectivity index (χ0n) is 17.0. The van der Waals surface area contributed by atoms with Crippen molar-refractivity contribution in [2.45, 2.75) is 6.92 Å². The van der Waals surface area contributed by atoms with E-state index in [1.807, 2.05) is 6.92 Å².